The van der Waals surface area contributed by atoms with E-state index in [9.17, 15) is 15.0 Å². The van der Waals surface area contributed by atoms with Gasteiger partial charge in [0.25, 0.3) is 0 Å². The summed E-state index contributed by atoms with van der Waals surface area (Å²) in [4.78, 5) is 14.7. The normalized spacial score (nSPS) is 14.1. The molecule has 0 aliphatic rings. The summed E-state index contributed by atoms with van der Waals surface area (Å²) in [7, 11) is 0. The molecule has 1 aromatic heterocycles. The lowest BCUT2D eigenvalue weighted by molar-refractivity contribution is -0.119. The van der Waals surface area contributed by atoms with Gasteiger partial charge in [0.15, 0.2) is 0 Å². The molecule has 0 radical (unpaired) electrons. The van der Waals surface area contributed by atoms with E-state index in [-0.39, 0.29) is 5.91 Å². The van der Waals surface area contributed by atoms with Crippen LogP contribution in [0.4, 0.5) is 0 Å². The van der Waals surface area contributed by atoms with Crippen LogP contribution in [0.3, 0.4) is 0 Å². The Hall–Kier alpha value is -1.46. The van der Waals surface area contributed by atoms with Crippen molar-refractivity contribution in [3.63, 3.8) is 0 Å². The molecule has 0 aliphatic heterocycles. The fourth-order valence-corrected chi connectivity index (χ4v) is 1.43. The number of amides is 1. The van der Waals surface area contributed by atoms with Crippen molar-refractivity contribution in [2.45, 2.75) is 32.5 Å². The summed E-state index contributed by atoms with van der Waals surface area (Å²) in [5.74, 6) is -0.149. The molecule has 0 aromatic carbocycles. The summed E-state index contributed by atoms with van der Waals surface area (Å²) in [6, 6.07) is 3.51. The summed E-state index contributed by atoms with van der Waals surface area (Å²) in [6.07, 6.45) is -0.0424. The second-order valence-corrected chi connectivity index (χ2v) is 4.02. The molecular weight excluding hydrogens is 220 g/mol. The van der Waals surface area contributed by atoms with E-state index in [1.807, 2.05) is 6.92 Å². The second-order valence-electron chi connectivity index (χ2n) is 4.02. The first kappa shape index (κ1) is 13.6. The second kappa shape index (κ2) is 6.32. The molecule has 17 heavy (non-hydrogen) atoms. The number of nitrogens with zero attached hydrogens (tertiary/aromatic N) is 1. The van der Waals surface area contributed by atoms with Crippen LogP contribution >= 0.6 is 0 Å². The van der Waals surface area contributed by atoms with Gasteiger partial charge in [-0.25, -0.2) is 0 Å². The Kier molecular flexibility index (Phi) is 5.06. The minimum Gasteiger partial charge on any atom is -0.390 e. The molecule has 0 bridgehead atoms. The Labute approximate surface area is 101 Å². The van der Waals surface area contributed by atoms with Gasteiger partial charge in [0.2, 0.25) is 5.91 Å². The Morgan fingerprint density at radius 1 is 1.47 bits per heavy atom. The third-order valence-corrected chi connectivity index (χ3v) is 2.45. The quantitative estimate of drug-likeness (QED) is 0.689. The third kappa shape index (κ3) is 4.50. The average Bonchev–Trinajstić information content (AvgIpc) is 2.28. The molecule has 0 saturated carbocycles. The van der Waals surface area contributed by atoms with E-state index in [2.05, 4.69) is 10.3 Å². The predicted octanol–water partition coefficient (Wildman–Crippen LogP) is 0.311. The van der Waals surface area contributed by atoms with Crippen LogP contribution in [0.1, 0.15) is 30.7 Å². The number of aromatic nitrogens is 1. The van der Waals surface area contributed by atoms with Crippen molar-refractivity contribution >= 4 is 5.91 Å². The monoisotopic (exact) mass is 238 g/mol. The van der Waals surface area contributed by atoms with Crippen molar-refractivity contribution in [3.05, 3.63) is 29.6 Å². The third-order valence-electron chi connectivity index (χ3n) is 2.45. The lowest BCUT2D eigenvalue weighted by atomic mass is 10.0. The van der Waals surface area contributed by atoms with E-state index in [0.29, 0.717) is 18.5 Å². The van der Waals surface area contributed by atoms with Crippen molar-refractivity contribution in [2.24, 2.45) is 0 Å². The molecule has 2 unspecified atom stereocenters. The van der Waals surface area contributed by atoms with E-state index >= 15 is 0 Å². The van der Waals surface area contributed by atoms with Crippen LogP contribution in [0.5, 0.6) is 0 Å². The van der Waals surface area contributed by atoms with Crippen LogP contribution in [0.2, 0.25) is 0 Å². The average molecular weight is 238 g/mol. The first-order valence-corrected chi connectivity index (χ1v) is 5.54. The number of aliphatic hydroxyl groups excluding tert-OH is 2. The van der Waals surface area contributed by atoms with Crippen molar-refractivity contribution in [2.75, 3.05) is 6.54 Å². The highest BCUT2D eigenvalue weighted by molar-refractivity contribution is 5.72. The van der Waals surface area contributed by atoms with Gasteiger partial charge in [-0.05, 0) is 19.4 Å². The molecule has 1 aromatic rings. The highest BCUT2D eigenvalue weighted by atomic mass is 16.3. The Bertz CT molecular complexity index is 365. The molecule has 1 rings (SSSR count). The topological polar surface area (TPSA) is 82.5 Å². The van der Waals surface area contributed by atoms with Crippen molar-refractivity contribution in [1.82, 2.24) is 10.3 Å². The summed E-state index contributed by atoms with van der Waals surface area (Å²) >= 11 is 0. The van der Waals surface area contributed by atoms with Crippen molar-refractivity contribution < 1.29 is 15.0 Å². The van der Waals surface area contributed by atoms with Crippen molar-refractivity contribution in [3.8, 4) is 0 Å². The standard InChI is InChI=1S/C12H18N2O3/c1-8-3-4-10(7-14-8)12(17)11(16)5-6-13-9(2)15/h3-4,7,11-12,16-17H,5-6H2,1-2H3,(H,13,15). The molecule has 0 aliphatic carbocycles. The maximum atomic E-state index is 10.6. The van der Waals surface area contributed by atoms with Gasteiger partial charge in [0.05, 0.1) is 6.10 Å². The number of pyridine rings is 1. The van der Waals surface area contributed by atoms with Crippen LogP contribution in [0.25, 0.3) is 0 Å². The fraction of sp³-hybridized carbons (Fsp3) is 0.500. The van der Waals surface area contributed by atoms with Gasteiger partial charge in [-0.1, -0.05) is 6.07 Å². The maximum Gasteiger partial charge on any atom is 0.216 e. The summed E-state index contributed by atoms with van der Waals surface area (Å²) in [5, 5.41) is 22.1. The van der Waals surface area contributed by atoms with Gasteiger partial charge in [0.1, 0.15) is 6.10 Å². The number of carbonyl (C=O) groups excluding carboxylic acids is 1. The number of aliphatic hydroxyl groups is 2. The molecular formula is C12H18N2O3. The first-order valence-electron chi connectivity index (χ1n) is 5.54. The number of carbonyl (C=O) groups is 1. The van der Waals surface area contributed by atoms with E-state index in [4.69, 9.17) is 0 Å². The number of nitrogens with one attached hydrogen (secondary N) is 1. The highest BCUT2D eigenvalue weighted by Gasteiger charge is 2.18. The molecule has 2 atom stereocenters. The molecule has 0 spiro atoms. The molecule has 1 heterocycles. The number of hydrogen-bond donors (Lipinski definition) is 3. The zero-order valence-electron chi connectivity index (χ0n) is 10.1. The SMILES string of the molecule is CC(=O)NCCC(O)C(O)c1ccc(C)nc1. The smallest absolute Gasteiger partial charge is 0.216 e. The summed E-state index contributed by atoms with van der Waals surface area (Å²) in [6.45, 7) is 3.60. The highest BCUT2D eigenvalue weighted by Crippen LogP contribution is 2.17. The summed E-state index contributed by atoms with van der Waals surface area (Å²) in [5.41, 5.74) is 1.43. The number of rotatable bonds is 5. The Balaban J connectivity index is 2.48. The van der Waals surface area contributed by atoms with Crippen molar-refractivity contribution in [1.29, 1.82) is 0 Å². The van der Waals surface area contributed by atoms with Gasteiger partial charge in [-0.3, -0.25) is 9.78 Å². The van der Waals surface area contributed by atoms with Crippen LogP contribution in [-0.2, 0) is 4.79 Å². The Morgan fingerprint density at radius 2 is 2.18 bits per heavy atom. The van der Waals surface area contributed by atoms with Crippen LogP contribution in [0.15, 0.2) is 18.3 Å². The number of hydrogen-bond acceptors (Lipinski definition) is 4. The van der Waals surface area contributed by atoms with Gasteiger partial charge < -0.3 is 15.5 Å². The number of aryl methyl sites for hydroxylation is 1. The molecule has 5 nitrogen and oxygen atoms in total. The molecule has 0 fully saturated rings. The lowest BCUT2D eigenvalue weighted by Gasteiger charge is -2.18. The van der Waals surface area contributed by atoms with E-state index in [1.165, 1.54) is 6.92 Å². The molecule has 1 amide bonds. The maximum absolute atomic E-state index is 10.6. The largest absolute Gasteiger partial charge is 0.390 e. The molecule has 0 saturated heterocycles. The molecule has 94 valence electrons. The van der Waals surface area contributed by atoms with E-state index in [0.717, 1.165) is 5.69 Å². The first-order chi connectivity index (χ1) is 8.00. The van der Waals surface area contributed by atoms with Crippen LogP contribution < -0.4 is 5.32 Å². The summed E-state index contributed by atoms with van der Waals surface area (Å²) < 4.78 is 0. The van der Waals surface area contributed by atoms with Gasteiger partial charge in [0, 0.05) is 30.9 Å². The molecule has 3 N–H and O–H groups in total. The lowest BCUT2D eigenvalue weighted by Crippen LogP contribution is -2.27. The minimum absolute atomic E-state index is 0.149. The predicted molar refractivity (Wildman–Crippen MR) is 63.2 cm³/mol. The van der Waals surface area contributed by atoms with E-state index in [1.54, 1.807) is 18.3 Å². The van der Waals surface area contributed by atoms with Gasteiger partial charge >= 0.3 is 0 Å². The van der Waals surface area contributed by atoms with Gasteiger partial charge in [-0.15, -0.1) is 0 Å². The zero-order valence-corrected chi connectivity index (χ0v) is 10.1. The Morgan fingerprint density at radius 3 is 2.71 bits per heavy atom. The van der Waals surface area contributed by atoms with Crippen LogP contribution in [0, 0.1) is 6.92 Å². The fourth-order valence-electron chi connectivity index (χ4n) is 1.43. The molecule has 5 heteroatoms. The van der Waals surface area contributed by atoms with E-state index < -0.39 is 12.2 Å². The van der Waals surface area contributed by atoms with Crippen LogP contribution in [-0.4, -0.2) is 33.8 Å². The minimum atomic E-state index is -0.975. The zero-order chi connectivity index (χ0) is 12.8. The van der Waals surface area contributed by atoms with Gasteiger partial charge in [-0.2, -0.15) is 0 Å².